The minimum atomic E-state index is 0.717. The van der Waals surface area contributed by atoms with Crippen molar-refractivity contribution in [2.45, 2.75) is 26.2 Å². The molecule has 1 saturated heterocycles. The Hall–Kier alpha value is -3.81. The van der Waals surface area contributed by atoms with Gasteiger partial charge in [-0.15, -0.1) is 0 Å². The SMILES string of the molecule is Cc1ccncc1-c1cnc2[nH]nc(-c3nc4c(N5CCCCC5)nccc4[nH]3)c2c1. The Morgan fingerprint density at radius 2 is 1.90 bits per heavy atom. The van der Waals surface area contributed by atoms with Crippen molar-refractivity contribution >= 4 is 27.9 Å². The number of hydrogen-bond acceptors (Lipinski definition) is 6. The summed E-state index contributed by atoms with van der Waals surface area (Å²) in [5, 5.41) is 8.49. The van der Waals surface area contributed by atoms with Crippen LogP contribution < -0.4 is 4.90 Å². The van der Waals surface area contributed by atoms with Crippen LogP contribution in [-0.4, -0.2) is 48.2 Å². The number of anilines is 1. The lowest BCUT2D eigenvalue weighted by atomic mass is 10.0. The van der Waals surface area contributed by atoms with E-state index in [0.717, 1.165) is 69.2 Å². The van der Waals surface area contributed by atoms with Gasteiger partial charge in [-0.05, 0) is 49.9 Å². The molecule has 1 aliphatic heterocycles. The molecular weight excluding hydrogens is 388 g/mol. The van der Waals surface area contributed by atoms with Gasteiger partial charge in [0.05, 0.1) is 10.9 Å². The normalized spacial score (nSPS) is 14.5. The lowest BCUT2D eigenvalue weighted by Gasteiger charge is -2.27. The maximum atomic E-state index is 4.92. The Morgan fingerprint density at radius 1 is 1.00 bits per heavy atom. The van der Waals surface area contributed by atoms with Gasteiger partial charge in [-0.3, -0.25) is 10.1 Å². The van der Waals surface area contributed by atoms with Crippen LogP contribution in [0.4, 0.5) is 5.82 Å². The van der Waals surface area contributed by atoms with E-state index in [9.17, 15) is 0 Å². The second-order valence-corrected chi connectivity index (χ2v) is 8.05. The van der Waals surface area contributed by atoms with E-state index >= 15 is 0 Å². The summed E-state index contributed by atoms with van der Waals surface area (Å²) in [4.78, 5) is 24.2. The topological polar surface area (TPSA) is 99.3 Å². The number of imidazole rings is 1. The van der Waals surface area contributed by atoms with E-state index < -0.39 is 0 Å². The van der Waals surface area contributed by atoms with Crippen LogP contribution in [0.5, 0.6) is 0 Å². The largest absolute Gasteiger partial charge is 0.355 e. The summed E-state index contributed by atoms with van der Waals surface area (Å²) in [6.45, 7) is 4.13. The molecule has 8 nitrogen and oxygen atoms in total. The molecule has 8 heteroatoms. The molecular formula is C23H22N8. The second kappa shape index (κ2) is 7.16. The maximum Gasteiger partial charge on any atom is 0.159 e. The Bertz CT molecular complexity index is 1390. The van der Waals surface area contributed by atoms with Gasteiger partial charge >= 0.3 is 0 Å². The van der Waals surface area contributed by atoms with Crippen LogP contribution in [0.3, 0.4) is 0 Å². The number of H-pyrrole nitrogens is 2. The van der Waals surface area contributed by atoms with Crippen LogP contribution in [0.2, 0.25) is 0 Å². The highest BCUT2D eigenvalue weighted by atomic mass is 15.2. The Balaban J connectivity index is 1.47. The molecule has 0 unspecified atom stereocenters. The van der Waals surface area contributed by atoms with E-state index in [1.807, 2.05) is 30.7 Å². The van der Waals surface area contributed by atoms with Gasteiger partial charge in [0.15, 0.2) is 17.3 Å². The molecule has 154 valence electrons. The number of piperidine rings is 1. The molecule has 6 heterocycles. The first-order chi connectivity index (χ1) is 15.3. The van der Waals surface area contributed by atoms with Crippen LogP contribution in [0, 0.1) is 6.92 Å². The van der Waals surface area contributed by atoms with Gasteiger partial charge in [-0.25, -0.2) is 15.0 Å². The minimum absolute atomic E-state index is 0.717. The van der Waals surface area contributed by atoms with Crippen molar-refractivity contribution in [3.05, 3.63) is 48.5 Å². The van der Waals surface area contributed by atoms with Gasteiger partial charge in [-0.2, -0.15) is 5.10 Å². The lowest BCUT2D eigenvalue weighted by molar-refractivity contribution is 0.574. The molecule has 0 amide bonds. The van der Waals surface area contributed by atoms with E-state index in [0.29, 0.717) is 0 Å². The first kappa shape index (κ1) is 18.0. The van der Waals surface area contributed by atoms with Crippen molar-refractivity contribution in [1.82, 2.24) is 35.1 Å². The highest BCUT2D eigenvalue weighted by Crippen LogP contribution is 2.32. The number of aromatic amines is 2. The molecule has 0 radical (unpaired) electrons. The average Bonchev–Trinajstić information content (AvgIpc) is 3.43. The van der Waals surface area contributed by atoms with E-state index in [-0.39, 0.29) is 0 Å². The molecule has 5 aromatic rings. The van der Waals surface area contributed by atoms with Crippen LogP contribution >= 0.6 is 0 Å². The van der Waals surface area contributed by atoms with E-state index in [2.05, 4.69) is 48.0 Å². The molecule has 0 bridgehead atoms. The molecule has 1 fully saturated rings. The fourth-order valence-corrected chi connectivity index (χ4v) is 4.37. The number of nitrogens with one attached hydrogen (secondary N) is 2. The van der Waals surface area contributed by atoms with Crippen molar-refractivity contribution in [2.75, 3.05) is 18.0 Å². The van der Waals surface area contributed by atoms with Crippen molar-refractivity contribution in [1.29, 1.82) is 0 Å². The molecule has 2 N–H and O–H groups in total. The number of aryl methyl sites for hydroxylation is 1. The Morgan fingerprint density at radius 3 is 2.77 bits per heavy atom. The third-order valence-electron chi connectivity index (χ3n) is 6.03. The summed E-state index contributed by atoms with van der Waals surface area (Å²) in [5.74, 6) is 1.67. The number of hydrogen-bond donors (Lipinski definition) is 2. The van der Waals surface area contributed by atoms with Crippen LogP contribution in [0.15, 0.2) is 43.0 Å². The Labute approximate surface area is 178 Å². The summed E-state index contributed by atoms with van der Waals surface area (Å²) in [7, 11) is 0. The number of nitrogens with zero attached hydrogens (tertiary/aromatic N) is 6. The van der Waals surface area contributed by atoms with Gasteiger partial charge in [0.2, 0.25) is 0 Å². The summed E-state index contributed by atoms with van der Waals surface area (Å²) >= 11 is 0. The van der Waals surface area contributed by atoms with Crippen molar-refractivity contribution in [3.63, 3.8) is 0 Å². The van der Waals surface area contributed by atoms with Crippen molar-refractivity contribution < 1.29 is 0 Å². The quantitative estimate of drug-likeness (QED) is 0.461. The van der Waals surface area contributed by atoms with Crippen LogP contribution in [-0.2, 0) is 0 Å². The summed E-state index contributed by atoms with van der Waals surface area (Å²) in [6.07, 6.45) is 11.0. The van der Waals surface area contributed by atoms with E-state index in [1.165, 1.54) is 19.3 Å². The first-order valence-corrected chi connectivity index (χ1v) is 10.6. The summed E-state index contributed by atoms with van der Waals surface area (Å²) in [6, 6.07) is 6.07. The second-order valence-electron chi connectivity index (χ2n) is 8.05. The zero-order valence-electron chi connectivity index (χ0n) is 17.3. The van der Waals surface area contributed by atoms with Crippen molar-refractivity contribution in [3.8, 4) is 22.6 Å². The third kappa shape index (κ3) is 3.02. The van der Waals surface area contributed by atoms with Gasteiger partial charge in [0, 0.05) is 49.0 Å². The molecule has 0 aliphatic carbocycles. The monoisotopic (exact) mass is 410 g/mol. The molecule has 0 saturated carbocycles. The predicted octanol–water partition coefficient (Wildman–Crippen LogP) is 4.26. The third-order valence-corrected chi connectivity index (χ3v) is 6.03. The zero-order valence-corrected chi connectivity index (χ0v) is 17.3. The zero-order chi connectivity index (χ0) is 20.8. The van der Waals surface area contributed by atoms with E-state index in [1.54, 1.807) is 6.20 Å². The summed E-state index contributed by atoms with van der Waals surface area (Å²) < 4.78 is 0. The first-order valence-electron chi connectivity index (χ1n) is 10.6. The van der Waals surface area contributed by atoms with Crippen LogP contribution in [0.25, 0.3) is 44.7 Å². The lowest BCUT2D eigenvalue weighted by Crippen LogP contribution is -2.30. The summed E-state index contributed by atoms with van der Waals surface area (Å²) in [5.41, 5.74) is 6.57. The number of aromatic nitrogens is 7. The fraction of sp³-hybridized carbons (Fsp3) is 0.261. The van der Waals surface area contributed by atoms with Gasteiger partial charge < -0.3 is 9.88 Å². The van der Waals surface area contributed by atoms with Gasteiger partial charge in [0.1, 0.15) is 11.2 Å². The standard InChI is InChI=1S/C23H22N8/c1-14-5-7-24-13-17(14)15-11-16-19(29-30-21(16)26-12-15)22-27-18-6-8-25-23(20(18)28-22)31-9-3-2-4-10-31/h5-8,11-13H,2-4,9-10H2,1H3,(H,27,28)(H,26,29,30). The number of pyridine rings is 3. The average molecular weight is 410 g/mol. The minimum Gasteiger partial charge on any atom is -0.355 e. The molecule has 6 rings (SSSR count). The van der Waals surface area contributed by atoms with Crippen molar-refractivity contribution in [2.24, 2.45) is 0 Å². The highest BCUT2D eigenvalue weighted by Gasteiger charge is 2.20. The van der Waals surface area contributed by atoms with E-state index in [4.69, 9.17) is 4.98 Å². The number of fused-ring (bicyclic) bond motifs is 2. The number of rotatable bonds is 3. The highest BCUT2D eigenvalue weighted by molar-refractivity contribution is 5.95. The molecule has 0 spiro atoms. The predicted molar refractivity (Wildman–Crippen MR) is 121 cm³/mol. The molecule has 0 aromatic carbocycles. The molecule has 1 aliphatic rings. The molecule has 5 aromatic heterocycles. The van der Waals surface area contributed by atoms with Gasteiger partial charge in [-0.1, -0.05) is 0 Å². The smallest absolute Gasteiger partial charge is 0.159 e. The molecule has 31 heavy (non-hydrogen) atoms. The van der Waals surface area contributed by atoms with Crippen LogP contribution in [0.1, 0.15) is 24.8 Å². The maximum absolute atomic E-state index is 4.92. The van der Waals surface area contributed by atoms with Gasteiger partial charge in [0.25, 0.3) is 0 Å². The fourth-order valence-electron chi connectivity index (χ4n) is 4.37. The molecule has 0 atom stereocenters. The Kier molecular flexibility index (Phi) is 4.15.